The number of fused-ring (bicyclic) bond motifs is 1. The quantitative estimate of drug-likeness (QED) is 0.749. The summed E-state index contributed by atoms with van der Waals surface area (Å²) in [6.45, 7) is 10.5. The Balaban J connectivity index is 1.55. The predicted octanol–water partition coefficient (Wildman–Crippen LogP) is 3.57. The fraction of sp³-hybridized carbons (Fsp3) is 0.650. The number of piperidine rings is 1. The summed E-state index contributed by atoms with van der Waals surface area (Å²) in [7, 11) is 0. The molecular formula is C20H28N4O2S2. The van der Waals surface area contributed by atoms with Crippen molar-refractivity contribution in [2.45, 2.75) is 47.0 Å². The van der Waals surface area contributed by atoms with E-state index in [9.17, 15) is 9.59 Å². The van der Waals surface area contributed by atoms with Crippen LogP contribution < -0.4 is 5.32 Å². The number of amides is 1. The van der Waals surface area contributed by atoms with Gasteiger partial charge < -0.3 is 4.90 Å². The van der Waals surface area contributed by atoms with E-state index >= 15 is 0 Å². The molecule has 28 heavy (non-hydrogen) atoms. The minimum Gasteiger partial charge on any atom is -0.357 e. The van der Waals surface area contributed by atoms with Crippen molar-refractivity contribution in [1.29, 1.82) is 0 Å². The monoisotopic (exact) mass is 420 g/mol. The SMILES string of the molecule is C[C@@H]1C[C@@H](C)CN(C(=S)SCC(=O)Nc2ncc3c(n2)CC(C)(C)CC3=O)C1. The molecule has 1 saturated heterocycles. The van der Waals surface area contributed by atoms with Crippen molar-refractivity contribution in [3.63, 3.8) is 0 Å². The van der Waals surface area contributed by atoms with Crippen LogP contribution in [0.5, 0.6) is 0 Å². The molecule has 1 aliphatic carbocycles. The second-order valence-electron chi connectivity index (χ2n) is 8.95. The molecule has 8 heteroatoms. The van der Waals surface area contributed by atoms with Crippen molar-refractivity contribution in [2.75, 3.05) is 24.2 Å². The number of carbonyl (C=O) groups is 2. The number of ketones is 1. The predicted molar refractivity (Wildman–Crippen MR) is 117 cm³/mol. The summed E-state index contributed by atoms with van der Waals surface area (Å²) < 4.78 is 0.771. The molecular weight excluding hydrogens is 392 g/mol. The van der Waals surface area contributed by atoms with Crippen LogP contribution in [0.2, 0.25) is 0 Å². The molecule has 3 rings (SSSR count). The van der Waals surface area contributed by atoms with Gasteiger partial charge in [0.15, 0.2) is 5.78 Å². The average Bonchev–Trinajstić information content (AvgIpc) is 2.57. The van der Waals surface area contributed by atoms with E-state index in [1.54, 1.807) is 0 Å². The van der Waals surface area contributed by atoms with Gasteiger partial charge in [-0.15, -0.1) is 0 Å². The molecule has 0 spiro atoms. The van der Waals surface area contributed by atoms with E-state index < -0.39 is 0 Å². The standard InChI is InChI=1S/C20H28N4O2S2/c1-12-5-13(2)10-24(9-12)19(27)28-11-17(26)23-18-21-8-14-15(22-18)6-20(3,4)7-16(14)25/h8,12-13H,5-7,9-11H2,1-4H3,(H,21,22,23,26)/t12-,13-/m1/s1. The largest absolute Gasteiger partial charge is 0.357 e. The van der Waals surface area contributed by atoms with Gasteiger partial charge in [-0.1, -0.05) is 51.7 Å². The Morgan fingerprint density at radius 3 is 2.68 bits per heavy atom. The Kier molecular flexibility index (Phi) is 6.39. The first kappa shape index (κ1) is 21.2. The Labute approximate surface area is 176 Å². The fourth-order valence-corrected chi connectivity index (χ4v) is 5.07. The summed E-state index contributed by atoms with van der Waals surface area (Å²) >= 11 is 6.90. The number of thiocarbonyl (C=S) groups is 1. The number of carbonyl (C=O) groups excluding carboxylic acids is 2. The summed E-state index contributed by atoms with van der Waals surface area (Å²) in [5, 5.41) is 2.74. The van der Waals surface area contributed by atoms with Gasteiger partial charge in [0.05, 0.1) is 17.0 Å². The second kappa shape index (κ2) is 8.45. The number of Topliss-reactive ketones (excluding diaryl/α,β-unsaturated/α-hetero) is 1. The Bertz CT molecular complexity index is 786. The van der Waals surface area contributed by atoms with Gasteiger partial charge in [0.1, 0.15) is 4.32 Å². The number of likely N-dealkylation sites (tertiary alicyclic amines) is 1. The summed E-state index contributed by atoms with van der Waals surface area (Å²) in [6.07, 6.45) is 3.95. The van der Waals surface area contributed by atoms with Crippen LogP contribution in [0.25, 0.3) is 0 Å². The Hall–Kier alpha value is -1.54. The molecule has 1 amide bonds. The van der Waals surface area contributed by atoms with E-state index in [4.69, 9.17) is 12.2 Å². The number of aromatic nitrogens is 2. The van der Waals surface area contributed by atoms with Crippen molar-refractivity contribution in [3.8, 4) is 0 Å². The second-order valence-corrected chi connectivity index (χ2v) is 10.6. The van der Waals surface area contributed by atoms with Crippen molar-refractivity contribution >= 4 is 45.9 Å². The lowest BCUT2D eigenvalue weighted by molar-refractivity contribution is -0.113. The summed E-state index contributed by atoms with van der Waals surface area (Å²) in [6, 6.07) is 0. The van der Waals surface area contributed by atoms with Gasteiger partial charge in [-0.2, -0.15) is 0 Å². The lowest BCUT2D eigenvalue weighted by Gasteiger charge is -2.36. The third-order valence-electron chi connectivity index (χ3n) is 5.16. The molecule has 0 unspecified atom stereocenters. The highest BCUT2D eigenvalue weighted by Gasteiger charge is 2.32. The molecule has 0 aromatic carbocycles. The molecule has 1 aliphatic heterocycles. The van der Waals surface area contributed by atoms with Gasteiger partial charge in [-0.25, -0.2) is 9.97 Å². The third-order valence-corrected chi connectivity index (χ3v) is 6.68. The summed E-state index contributed by atoms with van der Waals surface area (Å²) in [5.41, 5.74) is 1.16. The smallest absolute Gasteiger partial charge is 0.237 e. The number of thioether (sulfide) groups is 1. The van der Waals surface area contributed by atoms with Gasteiger partial charge in [0, 0.05) is 25.7 Å². The van der Waals surface area contributed by atoms with Crippen LogP contribution in [-0.4, -0.2) is 49.7 Å². The maximum Gasteiger partial charge on any atom is 0.237 e. The molecule has 1 fully saturated rings. The molecule has 0 radical (unpaired) electrons. The fourth-order valence-electron chi connectivity index (χ4n) is 4.08. The first-order chi connectivity index (χ1) is 13.1. The topological polar surface area (TPSA) is 75.2 Å². The number of nitrogens with zero attached hydrogens (tertiary/aromatic N) is 3. The van der Waals surface area contributed by atoms with Crippen LogP contribution in [0.4, 0.5) is 5.95 Å². The molecule has 2 aliphatic rings. The normalized spacial score (nSPS) is 23.9. The van der Waals surface area contributed by atoms with Crippen LogP contribution in [0.15, 0.2) is 6.20 Å². The van der Waals surface area contributed by atoms with Crippen LogP contribution in [0.1, 0.15) is 56.6 Å². The van der Waals surface area contributed by atoms with Crippen molar-refractivity contribution in [1.82, 2.24) is 14.9 Å². The molecule has 2 heterocycles. The zero-order valence-corrected chi connectivity index (χ0v) is 18.6. The van der Waals surface area contributed by atoms with Gasteiger partial charge in [-0.05, 0) is 30.1 Å². The van der Waals surface area contributed by atoms with E-state index in [1.807, 2.05) is 13.8 Å². The molecule has 1 aromatic heterocycles. The van der Waals surface area contributed by atoms with Gasteiger partial charge in [0.25, 0.3) is 0 Å². The van der Waals surface area contributed by atoms with E-state index in [0.29, 0.717) is 35.9 Å². The summed E-state index contributed by atoms with van der Waals surface area (Å²) in [4.78, 5) is 35.3. The van der Waals surface area contributed by atoms with Crippen molar-refractivity contribution < 1.29 is 9.59 Å². The van der Waals surface area contributed by atoms with Crippen molar-refractivity contribution in [2.24, 2.45) is 17.3 Å². The van der Waals surface area contributed by atoms with E-state index in [-0.39, 0.29) is 28.8 Å². The van der Waals surface area contributed by atoms with Crippen molar-refractivity contribution in [3.05, 3.63) is 17.5 Å². The molecule has 6 nitrogen and oxygen atoms in total. The van der Waals surface area contributed by atoms with Gasteiger partial charge in [-0.3, -0.25) is 14.9 Å². The van der Waals surface area contributed by atoms with E-state index in [1.165, 1.54) is 24.4 Å². The lowest BCUT2D eigenvalue weighted by atomic mass is 9.76. The average molecular weight is 421 g/mol. The Morgan fingerprint density at radius 2 is 2.00 bits per heavy atom. The maximum atomic E-state index is 12.3. The van der Waals surface area contributed by atoms with E-state index in [0.717, 1.165) is 17.4 Å². The Morgan fingerprint density at radius 1 is 1.32 bits per heavy atom. The highest BCUT2D eigenvalue weighted by Crippen LogP contribution is 2.33. The zero-order chi connectivity index (χ0) is 20.5. The molecule has 0 bridgehead atoms. The third kappa shape index (κ3) is 5.29. The highest BCUT2D eigenvalue weighted by atomic mass is 32.2. The first-order valence-corrected chi connectivity index (χ1v) is 11.1. The highest BCUT2D eigenvalue weighted by molar-refractivity contribution is 8.23. The van der Waals surface area contributed by atoms with Gasteiger partial charge in [0.2, 0.25) is 11.9 Å². The van der Waals surface area contributed by atoms with E-state index in [2.05, 4.69) is 34.0 Å². The zero-order valence-electron chi connectivity index (χ0n) is 16.9. The minimum atomic E-state index is -0.188. The molecule has 2 atom stereocenters. The lowest BCUT2D eigenvalue weighted by Crippen LogP contribution is -2.41. The van der Waals surface area contributed by atoms with Gasteiger partial charge >= 0.3 is 0 Å². The minimum absolute atomic E-state index is 0.0648. The van der Waals surface area contributed by atoms with Crippen LogP contribution >= 0.6 is 24.0 Å². The molecule has 1 aromatic rings. The van der Waals surface area contributed by atoms with Crippen LogP contribution in [0.3, 0.4) is 0 Å². The maximum absolute atomic E-state index is 12.3. The number of hydrogen-bond acceptors (Lipinski definition) is 6. The molecule has 1 N–H and O–H groups in total. The first-order valence-electron chi connectivity index (χ1n) is 9.73. The number of anilines is 1. The molecule has 0 saturated carbocycles. The number of hydrogen-bond donors (Lipinski definition) is 1. The number of nitrogens with one attached hydrogen (secondary N) is 1. The van der Waals surface area contributed by atoms with Crippen LogP contribution in [-0.2, 0) is 11.2 Å². The van der Waals surface area contributed by atoms with Crippen LogP contribution in [0, 0.1) is 17.3 Å². The summed E-state index contributed by atoms with van der Waals surface area (Å²) in [5.74, 6) is 1.59. The molecule has 152 valence electrons. The number of rotatable bonds is 3.